The smallest absolute Gasteiger partial charge is 0.190 e. The summed E-state index contributed by atoms with van der Waals surface area (Å²) in [5.74, 6) is 0. The Morgan fingerprint density at radius 1 is 1.35 bits per heavy atom. The maximum absolute atomic E-state index is 11.7. The molecule has 4 nitrogen and oxygen atoms in total. The molecule has 0 saturated carbocycles. The molecular formula is C12H20N2O2S. The maximum atomic E-state index is 11.7. The van der Waals surface area contributed by atoms with Gasteiger partial charge in [-0.2, -0.15) is 5.26 Å². The first kappa shape index (κ1) is 15.7. The summed E-state index contributed by atoms with van der Waals surface area (Å²) in [5.41, 5.74) is 0. The summed E-state index contributed by atoms with van der Waals surface area (Å²) in [4.78, 5) is 1.82. The molecule has 0 heterocycles. The molecule has 0 saturated heterocycles. The van der Waals surface area contributed by atoms with E-state index in [0.717, 1.165) is 13.1 Å². The molecule has 0 aliphatic carbocycles. The zero-order valence-corrected chi connectivity index (χ0v) is 11.7. The van der Waals surface area contributed by atoms with Crippen LogP contribution in [0.5, 0.6) is 0 Å². The van der Waals surface area contributed by atoms with Crippen molar-refractivity contribution in [3.05, 3.63) is 23.3 Å². The van der Waals surface area contributed by atoms with Gasteiger partial charge in [0.15, 0.2) is 9.84 Å². The summed E-state index contributed by atoms with van der Waals surface area (Å²) >= 11 is 0. The average Bonchev–Trinajstić information content (AvgIpc) is 2.29. The molecule has 0 unspecified atom stereocenters. The first-order valence-electron chi connectivity index (χ1n) is 5.66. The van der Waals surface area contributed by atoms with Gasteiger partial charge in [-0.15, -0.1) is 0 Å². The highest BCUT2D eigenvalue weighted by atomic mass is 32.2. The zero-order valence-electron chi connectivity index (χ0n) is 10.8. The van der Waals surface area contributed by atoms with Crippen molar-refractivity contribution < 1.29 is 8.42 Å². The van der Waals surface area contributed by atoms with E-state index >= 15 is 0 Å². The van der Waals surface area contributed by atoms with Gasteiger partial charge in [0.05, 0.1) is 5.25 Å². The third kappa shape index (κ3) is 4.61. The summed E-state index contributed by atoms with van der Waals surface area (Å²) in [6, 6.07) is 1.74. The summed E-state index contributed by atoms with van der Waals surface area (Å²) in [6.07, 6.45) is 4.74. The molecule has 0 rings (SSSR count). The number of allylic oxidation sites excluding steroid dienone is 3. The molecule has 0 amide bonds. The van der Waals surface area contributed by atoms with Crippen molar-refractivity contribution in [3.8, 4) is 6.07 Å². The topological polar surface area (TPSA) is 61.2 Å². The second-order valence-corrected chi connectivity index (χ2v) is 6.27. The Balaban J connectivity index is 5.00. The van der Waals surface area contributed by atoms with Crippen LogP contribution in [0.15, 0.2) is 23.3 Å². The SMILES string of the molecule is CCN(C=CC=C(C#N)S(=O)(=O)C(C)C)CC. The average molecular weight is 256 g/mol. The normalized spacial score (nSPS) is 13.1. The summed E-state index contributed by atoms with van der Waals surface area (Å²) in [6.45, 7) is 8.84. The zero-order chi connectivity index (χ0) is 13.5. The number of nitriles is 1. The molecule has 0 spiro atoms. The molecule has 0 aromatic rings. The predicted octanol–water partition coefficient (Wildman–Crippen LogP) is 2.07. The van der Waals surface area contributed by atoms with Crippen molar-refractivity contribution in [3.63, 3.8) is 0 Å². The Morgan fingerprint density at radius 2 is 1.88 bits per heavy atom. The number of rotatable bonds is 6. The lowest BCUT2D eigenvalue weighted by molar-refractivity contribution is 0.419. The van der Waals surface area contributed by atoms with Crippen LogP contribution in [0, 0.1) is 11.3 Å². The van der Waals surface area contributed by atoms with Crippen LogP contribution in [-0.2, 0) is 9.84 Å². The highest BCUT2D eigenvalue weighted by Crippen LogP contribution is 2.12. The van der Waals surface area contributed by atoms with Gasteiger partial charge >= 0.3 is 0 Å². The third-order valence-electron chi connectivity index (χ3n) is 2.39. The molecule has 0 N–H and O–H groups in total. The van der Waals surface area contributed by atoms with E-state index in [1.807, 2.05) is 18.7 Å². The maximum Gasteiger partial charge on any atom is 0.190 e. The minimum atomic E-state index is -3.47. The van der Waals surface area contributed by atoms with Crippen LogP contribution >= 0.6 is 0 Å². The lowest BCUT2D eigenvalue weighted by Gasteiger charge is -2.13. The van der Waals surface area contributed by atoms with Gasteiger partial charge in [0, 0.05) is 13.1 Å². The van der Waals surface area contributed by atoms with E-state index < -0.39 is 15.1 Å². The fraction of sp³-hybridized carbons (Fsp3) is 0.583. The highest BCUT2D eigenvalue weighted by Gasteiger charge is 2.21. The van der Waals surface area contributed by atoms with E-state index in [1.54, 1.807) is 32.2 Å². The van der Waals surface area contributed by atoms with E-state index in [9.17, 15) is 8.42 Å². The molecule has 5 heteroatoms. The predicted molar refractivity (Wildman–Crippen MR) is 69.8 cm³/mol. The monoisotopic (exact) mass is 256 g/mol. The number of hydrogen-bond donors (Lipinski definition) is 0. The Bertz CT molecular complexity index is 424. The third-order valence-corrected chi connectivity index (χ3v) is 4.48. The molecule has 0 radical (unpaired) electrons. The Morgan fingerprint density at radius 3 is 2.24 bits per heavy atom. The minimum Gasteiger partial charge on any atom is -0.378 e. The summed E-state index contributed by atoms with van der Waals surface area (Å²) < 4.78 is 23.5. The van der Waals surface area contributed by atoms with Gasteiger partial charge in [-0.25, -0.2) is 8.42 Å². The quantitative estimate of drug-likeness (QED) is 0.539. The van der Waals surface area contributed by atoms with Crippen LogP contribution in [0.25, 0.3) is 0 Å². The second-order valence-electron chi connectivity index (χ2n) is 3.80. The van der Waals surface area contributed by atoms with Crippen molar-refractivity contribution >= 4 is 9.84 Å². The van der Waals surface area contributed by atoms with Gasteiger partial charge in [-0.1, -0.05) is 0 Å². The highest BCUT2D eigenvalue weighted by molar-refractivity contribution is 7.96. The van der Waals surface area contributed by atoms with Crippen LogP contribution in [0.3, 0.4) is 0 Å². The van der Waals surface area contributed by atoms with Crippen LogP contribution < -0.4 is 0 Å². The van der Waals surface area contributed by atoms with Crippen LogP contribution in [0.1, 0.15) is 27.7 Å². The molecule has 0 aliphatic rings. The molecule has 0 fully saturated rings. The number of nitrogens with zero attached hydrogens (tertiary/aromatic N) is 2. The van der Waals surface area contributed by atoms with Crippen LogP contribution in [-0.4, -0.2) is 31.7 Å². The first-order chi connectivity index (χ1) is 7.89. The van der Waals surface area contributed by atoms with E-state index in [4.69, 9.17) is 5.26 Å². The largest absolute Gasteiger partial charge is 0.378 e. The minimum absolute atomic E-state index is 0.184. The molecule has 0 aromatic heterocycles. The summed E-state index contributed by atoms with van der Waals surface area (Å²) in [5, 5.41) is 8.27. The lowest BCUT2D eigenvalue weighted by Crippen LogP contribution is -2.16. The second kappa shape index (κ2) is 7.13. The van der Waals surface area contributed by atoms with Gasteiger partial charge in [0.1, 0.15) is 11.0 Å². The lowest BCUT2D eigenvalue weighted by atomic mass is 10.4. The van der Waals surface area contributed by atoms with Crippen molar-refractivity contribution in [2.45, 2.75) is 32.9 Å². The van der Waals surface area contributed by atoms with Crippen molar-refractivity contribution in [1.82, 2.24) is 4.90 Å². The van der Waals surface area contributed by atoms with Crippen molar-refractivity contribution in [1.29, 1.82) is 5.26 Å². The fourth-order valence-corrected chi connectivity index (χ4v) is 2.04. The van der Waals surface area contributed by atoms with Gasteiger partial charge in [-0.3, -0.25) is 0 Å². The fourth-order valence-electron chi connectivity index (χ4n) is 1.14. The van der Waals surface area contributed by atoms with E-state index in [1.165, 1.54) is 6.08 Å². The number of sulfone groups is 1. The van der Waals surface area contributed by atoms with Crippen LogP contribution in [0.2, 0.25) is 0 Å². The van der Waals surface area contributed by atoms with E-state index in [0.29, 0.717) is 0 Å². The molecule has 0 bridgehead atoms. The van der Waals surface area contributed by atoms with Crippen LogP contribution in [0.4, 0.5) is 0 Å². The molecule has 0 atom stereocenters. The first-order valence-corrected chi connectivity index (χ1v) is 7.21. The standard InChI is InChI=1S/C12H20N2O2S/c1-5-14(6-2)9-7-8-12(10-13)17(15,16)11(3)4/h7-9,11H,5-6H2,1-4H3. The Kier molecular flexibility index (Phi) is 6.59. The van der Waals surface area contributed by atoms with Crippen molar-refractivity contribution in [2.75, 3.05) is 13.1 Å². The molecule has 0 aromatic carbocycles. The van der Waals surface area contributed by atoms with Gasteiger partial charge in [-0.05, 0) is 46.0 Å². The molecular weight excluding hydrogens is 236 g/mol. The number of hydrogen-bond acceptors (Lipinski definition) is 4. The van der Waals surface area contributed by atoms with Gasteiger partial charge in [0.25, 0.3) is 0 Å². The molecule has 17 heavy (non-hydrogen) atoms. The Hall–Kier alpha value is -1.28. The van der Waals surface area contributed by atoms with E-state index in [-0.39, 0.29) is 4.91 Å². The molecule has 0 aliphatic heterocycles. The molecule has 96 valence electrons. The summed E-state index contributed by atoms with van der Waals surface area (Å²) in [7, 11) is -3.47. The van der Waals surface area contributed by atoms with Gasteiger partial charge in [0.2, 0.25) is 0 Å². The van der Waals surface area contributed by atoms with Crippen molar-refractivity contribution in [2.24, 2.45) is 0 Å². The Labute approximate surface area is 104 Å². The van der Waals surface area contributed by atoms with Gasteiger partial charge < -0.3 is 4.90 Å². The van der Waals surface area contributed by atoms with E-state index in [2.05, 4.69) is 0 Å².